The molecule has 2 rings (SSSR count). The Bertz CT molecular complexity index is 547. The van der Waals surface area contributed by atoms with Crippen molar-refractivity contribution < 1.29 is 0 Å². The van der Waals surface area contributed by atoms with Gasteiger partial charge in [-0.25, -0.2) is 0 Å². The number of hydrogen-bond acceptors (Lipinski definition) is 3. The average molecular weight is 276 g/mol. The van der Waals surface area contributed by atoms with Crippen molar-refractivity contribution in [3.63, 3.8) is 0 Å². The number of thiophene rings is 1. The summed E-state index contributed by atoms with van der Waals surface area (Å²) in [6, 6.07) is 10.5. The van der Waals surface area contributed by atoms with E-state index in [2.05, 4.69) is 36.7 Å². The van der Waals surface area contributed by atoms with Crippen LogP contribution >= 0.6 is 23.6 Å². The summed E-state index contributed by atoms with van der Waals surface area (Å²) >= 11 is 6.74. The molecule has 1 unspecified atom stereocenters. The molecule has 0 spiro atoms. The molecule has 0 radical (unpaired) electrons. The van der Waals surface area contributed by atoms with Crippen molar-refractivity contribution in [2.45, 2.75) is 19.9 Å². The number of aryl methyl sites for hydroxylation is 1. The van der Waals surface area contributed by atoms with Crippen LogP contribution < -0.4 is 11.1 Å². The van der Waals surface area contributed by atoms with Gasteiger partial charge in [-0.15, -0.1) is 11.3 Å². The van der Waals surface area contributed by atoms with Crippen molar-refractivity contribution in [2.75, 3.05) is 5.32 Å². The highest BCUT2D eigenvalue weighted by Gasteiger charge is 2.08. The lowest BCUT2D eigenvalue weighted by Gasteiger charge is -2.16. The number of nitrogens with two attached hydrogens (primary N) is 1. The normalized spacial score (nSPS) is 12.1. The van der Waals surface area contributed by atoms with E-state index in [1.54, 1.807) is 11.3 Å². The first-order valence-electron chi connectivity index (χ1n) is 5.78. The molecule has 0 amide bonds. The topological polar surface area (TPSA) is 38.0 Å². The van der Waals surface area contributed by atoms with E-state index in [4.69, 9.17) is 18.0 Å². The van der Waals surface area contributed by atoms with E-state index < -0.39 is 0 Å². The Kier molecular flexibility index (Phi) is 3.99. The van der Waals surface area contributed by atoms with E-state index in [9.17, 15) is 0 Å². The summed E-state index contributed by atoms with van der Waals surface area (Å²) in [5, 5.41) is 5.60. The highest BCUT2D eigenvalue weighted by atomic mass is 32.1. The summed E-state index contributed by atoms with van der Waals surface area (Å²) in [4.78, 5) is 1.77. The van der Waals surface area contributed by atoms with E-state index in [1.165, 1.54) is 4.88 Å². The monoisotopic (exact) mass is 276 g/mol. The Morgan fingerprint density at radius 1 is 1.39 bits per heavy atom. The van der Waals surface area contributed by atoms with Crippen LogP contribution in [-0.4, -0.2) is 4.99 Å². The second-order valence-corrected chi connectivity index (χ2v) is 5.69. The molecule has 4 heteroatoms. The Hall–Kier alpha value is -1.39. The van der Waals surface area contributed by atoms with Crippen LogP contribution in [0.15, 0.2) is 35.7 Å². The first-order chi connectivity index (χ1) is 8.58. The standard InChI is InChI=1S/C14H16N2S2/c1-9-8-11(14(15)17)5-6-12(9)16-10(2)13-4-3-7-18-13/h3-8,10,16H,1-2H3,(H2,15,17). The van der Waals surface area contributed by atoms with Gasteiger partial charge < -0.3 is 11.1 Å². The second kappa shape index (κ2) is 5.50. The third-order valence-electron chi connectivity index (χ3n) is 2.85. The molecule has 94 valence electrons. The summed E-state index contributed by atoms with van der Waals surface area (Å²) in [7, 11) is 0. The summed E-state index contributed by atoms with van der Waals surface area (Å²) < 4.78 is 0. The van der Waals surface area contributed by atoms with Gasteiger partial charge in [-0.1, -0.05) is 18.3 Å². The Morgan fingerprint density at radius 3 is 2.72 bits per heavy atom. The molecule has 0 fully saturated rings. The quantitative estimate of drug-likeness (QED) is 0.833. The predicted molar refractivity (Wildman–Crippen MR) is 83.4 cm³/mol. The van der Waals surface area contributed by atoms with Crippen molar-refractivity contribution >= 4 is 34.2 Å². The first-order valence-corrected chi connectivity index (χ1v) is 7.07. The molecule has 0 aliphatic carbocycles. The van der Waals surface area contributed by atoms with Crippen LogP contribution in [0.5, 0.6) is 0 Å². The van der Waals surface area contributed by atoms with Crippen molar-refractivity contribution in [3.8, 4) is 0 Å². The van der Waals surface area contributed by atoms with Crippen molar-refractivity contribution in [2.24, 2.45) is 5.73 Å². The van der Waals surface area contributed by atoms with Gasteiger partial charge in [0.1, 0.15) is 4.99 Å². The molecule has 0 aliphatic rings. The third-order valence-corrected chi connectivity index (χ3v) is 4.14. The maximum atomic E-state index is 5.62. The fraction of sp³-hybridized carbons (Fsp3) is 0.214. The molecule has 1 atom stereocenters. The molecule has 0 aliphatic heterocycles. The number of anilines is 1. The van der Waals surface area contributed by atoms with Gasteiger partial charge in [0.05, 0.1) is 6.04 Å². The second-order valence-electron chi connectivity index (χ2n) is 4.28. The predicted octanol–water partition coefficient (Wildman–Crippen LogP) is 3.86. The molecule has 0 bridgehead atoms. The molecule has 2 aromatic rings. The minimum absolute atomic E-state index is 0.305. The maximum absolute atomic E-state index is 5.62. The molecule has 2 nitrogen and oxygen atoms in total. The minimum atomic E-state index is 0.305. The molecule has 0 saturated heterocycles. The lowest BCUT2D eigenvalue weighted by atomic mass is 10.1. The van der Waals surface area contributed by atoms with Crippen LogP contribution in [0, 0.1) is 6.92 Å². The smallest absolute Gasteiger partial charge is 0.103 e. The zero-order valence-corrected chi connectivity index (χ0v) is 12.1. The van der Waals surface area contributed by atoms with Crippen LogP contribution in [-0.2, 0) is 0 Å². The van der Waals surface area contributed by atoms with E-state index in [0.717, 1.165) is 16.8 Å². The minimum Gasteiger partial charge on any atom is -0.389 e. The van der Waals surface area contributed by atoms with E-state index in [0.29, 0.717) is 11.0 Å². The third kappa shape index (κ3) is 2.89. The summed E-state index contributed by atoms with van der Waals surface area (Å²) in [6.07, 6.45) is 0. The van der Waals surface area contributed by atoms with Gasteiger partial charge in [0.15, 0.2) is 0 Å². The van der Waals surface area contributed by atoms with E-state index >= 15 is 0 Å². The van der Waals surface area contributed by atoms with Gasteiger partial charge in [0, 0.05) is 16.1 Å². The van der Waals surface area contributed by atoms with Gasteiger partial charge in [-0.2, -0.15) is 0 Å². The summed E-state index contributed by atoms with van der Waals surface area (Å²) in [6.45, 7) is 4.22. The number of nitrogens with one attached hydrogen (secondary N) is 1. The number of rotatable bonds is 4. The van der Waals surface area contributed by atoms with E-state index in [1.807, 2.05) is 18.2 Å². The summed E-state index contributed by atoms with van der Waals surface area (Å²) in [5.74, 6) is 0. The zero-order chi connectivity index (χ0) is 13.1. The molecule has 1 heterocycles. The maximum Gasteiger partial charge on any atom is 0.103 e. The highest BCUT2D eigenvalue weighted by molar-refractivity contribution is 7.80. The van der Waals surface area contributed by atoms with Crippen LogP contribution in [0.2, 0.25) is 0 Å². The molecule has 0 saturated carbocycles. The van der Waals surface area contributed by atoms with Crippen LogP contribution in [0.4, 0.5) is 5.69 Å². The molecular weight excluding hydrogens is 260 g/mol. The van der Waals surface area contributed by atoms with Gasteiger partial charge in [-0.3, -0.25) is 0 Å². The lowest BCUT2D eigenvalue weighted by molar-refractivity contribution is 0.905. The largest absolute Gasteiger partial charge is 0.389 e. The van der Waals surface area contributed by atoms with Crippen molar-refractivity contribution in [1.82, 2.24) is 0 Å². The molecule has 1 aromatic heterocycles. The van der Waals surface area contributed by atoms with Crippen molar-refractivity contribution in [1.29, 1.82) is 0 Å². The van der Waals surface area contributed by atoms with Crippen LogP contribution in [0.1, 0.15) is 29.0 Å². The fourth-order valence-electron chi connectivity index (χ4n) is 1.82. The lowest BCUT2D eigenvalue weighted by Crippen LogP contribution is -2.11. The number of hydrogen-bond donors (Lipinski definition) is 2. The Balaban J connectivity index is 2.17. The summed E-state index contributed by atoms with van der Waals surface area (Å²) in [5.41, 5.74) is 8.81. The average Bonchev–Trinajstić information content (AvgIpc) is 2.85. The SMILES string of the molecule is Cc1cc(C(N)=S)ccc1NC(C)c1cccs1. The molecule has 18 heavy (non-hydrogen) atoms. The Labute approximate surface area is 117 Å². The van der Waals surface area contributed by atoms with E-state index in [-0.39, 0.29) is 0 Å². The highest BCUT2D eigenvalue weighted by Crippen LogP contribution is 2.25. The Morgan fingerprint density at radius 2 is 2.17 bits per heavy atom. The van der Waals surface area contributed by atoms with Crippen molar-refractivity contribution in [3.05, 3.63) is 51.7 Å². The molecule has 3 N–H and O–H groups in total. The molecule has 1 aromatic carbocycles. The first kappa shape index (κ1) is 13.1. The zero-order valence-electron chi connectivity index (χ0n) is 10.4. The molecular formula is C14H16N2S2. The van der Waals surface area contributed by atoms with Gasteiger partial charge in [0.2, 0.25) is 0 Å². The van der Waals surface area contributed by atoms with Gasteiger partial charge in [-0.05, 0) is 49.1 Å². The van der Waals surface area contributed by atoms with Gasteiger partial charge >= 0.3 is 0 Å². The number of benzene rings is 1. The van der Waals surface area contributed by atoms with Gasteiger partial charge in [0.25, 0.3) is 0 Å². The van der Waals surface area contributed by atoms with Crippen LogP contribution in [0.25, 0.3) is 0 Å². The number of thiocarbonyl (C=S) groups is 1. The van der Waals surface area contributed by atoms with Crippen LogP contribution in [0.3, 0.4) is 0 Å². The fourth-order valence-corrected chi connectivity index (χ4v) is 2.68.